The second-order valence-electron chi connectivity index (χ2n) is 9.13. The number of carbonyl (C=O) groups is 2. The van der Waals surface area contributed by atoms with Gasteiger partial charge in [0.05, 0.1) is 5.56 Å². The molecule has 2 heterocycles. The fourth-order valence-corrected chi connectivity index (χ4v) is 4.06. The van der Waals surface area contributed by atoms with E-state index in [0.717, 1.165) is 28.2 Å². The third-order valence-electron chi connectivity index (χ3n) is 6.19. The van der Waals surface area contributed by atoms with Crippen molar-refractivity contribution in [2.75, 3.05) is 5.32 Å². The fraction of sp³-hybridized carbons (Fsp3) is 0.250. The van der Waals surface area contributed by atoms with Gasteiger partial charge >= 0.3 is 5.97 Å². The van der Waals surface area contributed by atoms with Crippen LogP contribution in [-0.2, 0) is 4.79 Å². The summed E-state index contributed by atoms with van der Waals surface area (Å²) in [6, 6.07) is 16.8. The molecule has 0 saturated carbocycles. The Morgan fingerprint density at radius 1 is 0.943 bits per heavy atom. The van der Waals surface area contributed by atoms with Crippen LogP contribution in [0.3, 0.4) is 0 Å². The van der Waals surface area contributed by atoms with Crippen LogP contribution in [0.1, 0.15) is 53.7 Å². The normalized spacial score (nSPS) is 12.1. The molecule has 0 bridgehead atoms. The molecule has 4 aromatic rings. The molecular formula is C28H30N4O3. The number of anilines is 2. The van der Waals surface area contributed by atoms with Gasteiger partial charge in [-0.15, -0.1) is 0 Å². The number of carboxylic acids is 1. The largest absolute Gasteiger partial charge is 0.480 e. The van der Waals surface area contributed by atoms with Gasteiger partial charge in [0.15, 0.2) is 5.65 Å². The van der Waals surface area contributed by atoms with Crippen LogP contribution in [-0.4, -0.2) is 32.4 Å². The summed E-state index contributed by atoms with van der Waals surface area (Å²) < 4.78 is 1.85. The molecule has 0 radical (unpaired) electrons. The number of benzene rings is 2. The van der Waals surface area contributed by atoms with Gasteiger partial charge in [0, 0.05) is 17.4 Å². The Labute approximate surface area is 204 Å². The summed E-state index contributed by atoms with van der Waals surface area (Å²) in [5.41, 5.74) is 6.74. The highest BCUT2D eigenvalue weighted by atomic mass is 16.4. The van der Waals surface area contributed by atoms with E-state index in [1.165, 1.54) is 12.5 Å². The number of imidazole rings is 1. The Balaban J connectivity index is 1.90. The highest BCUT2D eigenvalue weighted by Crippen LogP contribution is 2.34. The number of carboxylic acid groups (broad SMARTS) is 1. The number of aromatic nitrogens is 2. The summed E-state index contributed by atoms with van der Waals surface area (Å²) in [6.07, 6.45) is 1.85. The molecule has 2 aromatic heterocycles. The van der Waals surface area contributed by atoms with Crippen molar-refractivity contribution >= 4 is 29.0 Å². The summed E-state index contributed by atoms with van der Waals surface area (Å²) >= 11 is 0. The van der Waals surface area contributed by atoms with Crippen molar-refractivity contribution in [1.29, 1.82) is 0 Å². The fourth-order valence-electron chi connectivity index (χ4n) is 4.06. The first-order valence-electron chi connectivity index (χ1n) is 11.7. The zero-order valence-corrected chi connectivity index (χ0v) is 20.6. The van der Waals surface area contributed by atoms with Crippen LogP contribution in [0.15, 0.2) is 60.8 Å². The maximum absolute atomic E-state index is 13.0. The number of rotatable bonds is 7. The van der Waals surface area contributed by atoms with Gasteiger partial charge in [-0.1, -0.05) is 56.3 Å². The average molecular weight is 471 g/mol. The number of nitrogens with zero attached hydrogens (tertiary/aromatic N) is 2. The first kappa shape index (κ1) is 24.0. The van der Waals surface area contributed by atoms with Crippen molar-refractivity contribution in [2.45, 2.75) is 46.6 Å². The minimum Gasteiger partial charge on any atom is -0.480 e. The van der Waals surface area contributed by atoms with Crippen LogP contribution in [0.4, 0.5) is 11.5 Å². The number of fused-ring (bicyclic) bond motifs is 1. The number of nitrogens with one attached hydrogen (secondary N) is 2. The number of hydrogen-bond donors (Lipinski definition) is 3. The molecule has 180 valence electrons. The van der Waals surface area contributed by atoms with Crippen molar-refractivity contribution in [2.24, 2.45) is 0 Å². The molecule has 35 heavy (non-hydrogen) atoms. The predicted octanol–water partition coefficient (Wildman–Crippen LogP) is 5.69. The van der Waals surface area contributed by atoms with E-state index >= 15 is 0 Å². The number of hydrogen-bond acceptors (Lipinski definition) is 4. The first-order chi connectivity index (χ1) is 16.7. The van der Waals surface area contributed by atoms with Crippen molar-refractivity contribution in [3.63, 3.8) is 0 Å². The van der Waals surface area contributed by atoms with Crippen LogP contribution in [0.2, 0.25) is 0 Å². The zero-order valence-electron chi connectivity index (χ0n) is 20.6. The topological polar surface area (TPSA) is 95.7 Å². The predicted molar refractivity (Wildman–Crippen MR) is 138 cm³/mol. The lowest BCUT2D eigenvalue weighted by molar-refractivity contribution is -0.138. The number of aryl methyl sites for hydroxylation is 2. The second kappa shape index (κ2) is 9.62. The van der Waals surface area contributed by atoms with Crippen LogP contribution in [0.25, 0.3) is 16.9 Å². The van der Waals surface area contributed by atoms with E-state index in [9.17, 15) is 14.7 Å². The van der Waals surface area contributed by atoms with Crippen LogP contribution >= 0.6 is 0 Å². The minimum atomic E-state index is -1.10. The Morgan fingerprint density at radius 3 is 2.20 bits per heavy atom. The molecule has 1 atom stereocenters. The lowest BCUT2D eigenvalue weighted by atomic mass is 10.0. The number of carbonyl (C=O) groups excluding carboxylic acids is 1. The van der Waals surface area contributed by atoms with Crippen molar-refractivity contribution in [3.8, 4) is 11.3 Å². The van der Waals surface area contributed by atoms with Crippen molar-refractivity contribution < 1.29 is 14.7 Å². The van der Waals surface area contributed by atoms with Crippen LogP contribution in [0.5, 0.6) is 0 Å². The summed E-state index contributed by atoms with van der Waals surface area (Å²) in [5, 5.41) is 15.3. The summed E-state index contributed by atoms with van der Waals surface area (Å²) in [6.45, 7) is 9.82. The molecule has 0 saturated heterocycles. The summed E-state index contributed by atoms with van der Waals surface area (Å²) in [7, 11) is 0. The highest BCUT2D eigenvalue weighted by molar-refractivity contribution is 6.02. The quantitative estimate of drug-likeness (QED) is 0.323. The number of aliphatic carboxylic acids is 1. The van der Waals surface area contributed by atoms with Gasteiger partial charge in [-0.25, -0.2) is 4.98 Å². The van der Waals surface area contributed by atoms with E-state index in [1.54, 1.807) is 12.1 Å². The average Bonchev–Trinajstić information content (AvgIpc) is 3.19. The van der Waals surface area contributed by atoms with E-state index in [2.05, 4.69) is 36.6 Å². The molecule has 0 fully saturated rings. The Bertz CT molecular complexity index is 1380. The lowest BCUT2D eigenvalue weighted by Gasteiger charge is -2.15. The molecule has 0 aliphatic carbocycles. The zero-order chi connectivity index (χ0) is 25.3. The SMILES string of the molecule is Cc1cccc(C)c1Nc1c(-c2ccc(C(C)C)cc2)nc2c(C(=O)NC(C)C(=O)O)cccn12. The van der Waals surface area contributed by atoms with Crippen molar-refractivity contribution in [1.82, 2.24) is 14.7 Å². The molecule has 4 rings (SSSR count). The molecule has 2 aromatic carbocycles. The Morgan fingerprint density at radius 2 is 1.60 bits per heavy atom. The minimum absolute atomic E-state index is 0.301. The Hall–Kier alpha value is -4.13. The van der Waals surface area contributed by atoms with Crippen molar-refractivity contribution in [3.05, 3.63) is 83.0 Å². The third kappa shape index (κ3) is 4.75. The maximum Gasteiger partial charge on any atom is 0.325 e. The molecule has 3 N–H and O–H groups in total. The van der Waals surface area contributed by atoms with Gasteiger partial charge < -0.3 is 15.7 Å². The highest BCUT2D eigenvalue weighted by Gasteiger charge is 2.22. The molecule has 0 aliphatic heterocycles. The second-order valence-corrected chi connectivity index (χ2v) is 9.13. The number of para-hydroxylation sites is 1. The van der Waals surface area contributed by atoms with Gasteiger partial charge in [-0.05, 0) is 55.5 Å². The number of pyridine rings is 1. The lowest BCUT2D eigenvalue weighted by Crippen LogP contribution is -2.38. The standard InChI is InChI=1S/C28H30N4O3/c1-16(2)20-11-13-21(14-12-20)24-26(30-23-17(3)8-6-9-18(23)4)32-15-7-10-22(25(32)31-24)27(33)29-19(5)28(34)35/h6-16,19,30H,1-5H3,(H,29,33)(H,34,35). The van der Waals surface area contributed by atoms with E-state index in [0.29, 0.717) is 22.8 Å². The molecule has 0 spiro atoms. The molecule has 7 nitrogen and oxygen atoms in total. The molecule has 1 unspecified atom stereocenters. The molecule has 0 aliphatic rings. The molecule has 1 amide bonds. The van der Waals surface area contributed by atoms with Gasteiger partial charge in [-0.2, -0.15) is 0 Å². The van der Waals surface area contributed by atoms with E-state index in [1.807, 2.05) is 54.8 Å². The molecular weight excluding hydrogens is 440 g/mol. The van der Waals surface area contributed by atoms with Gasteiger partial charge in [0.25, 0.3) is 5.91 Å². The monoisotopic (exact) mass is 470 g/mol. The van der Waals surface area contributed by atoms with E-state index in [-0.39, 0.29) is 0 Å². The summed E-state index contributed by atoms with van der Waals surface area (Å²) in [5.74, 6) is -0.452. The first-order valence-corrected chi connectivity index (χ1v) is 11.7. The van der Waals surface area contributed by atoms with E-state index < -0.39 is 17.9 Å². The third-order valence-corrected chi connectivity index (χ3v) is 6.19. The number of amides is 1. The van der Waals surface area contributed by atoms with Gasteiger partial charge in [-0.3, -0.25) is 14.0 Å². The van der Waals surface area contributed by atoms with Crippen LogP contribution in [0, 0.1) is 13.8 Å². The maximum atomic E-state index is 13.0. The Kier molecular flexibility index (Phi) is 6.60. The molecule has 7 heteroatoms. The van der Waals surface area contributed by atoms with Gasteiger partial charge in [0.2, 0.25) is 0 Å². The van der Waals surface area contributed by atoms with Crippen LogP contribution < -0.4 is 10.6 Å². The van der Waals surface area contributed by atoms with E-state index in [4.69, 9.17) is 4.98 Å². The smallest absolute Gasteiger partial charge is 0.325 e. The van der Waals surface area contributed by atoms with Gasteiger partial charge in [0.1, 0.15) is 17.6 Å². The summed E-state index contributed by atoms with van der Waals surface area (Å²) in [4.78, 5) is 29.1.